The Balaban J connectivity index is 2.46. The summed E-state index contributed by atoms with van der Waals surface area (Å²) in [5, 5.41) is 11.2. The number of benzene rings is 1. The third-order valence-electron chi connectivity index (χ3n) is 9.85. The number of aliphatic hydroxyl groups is 1. The first-order valence-corrected chi connectivity index (χ1v) is 19.7. The molecule has 1 fully saturated rings. The van der Waals surface area contributed by atoms with Crippen molar-refractivity contribution in [3.63, 3.8) is 0 Å². The van der Waals surface area contributed by atoms with Crippen LogP contribution in [0.25, 0.3) is 0 Å². The second-order valence-electron chi connectivity index (χ2n) is 15.1. The monoisotopic (exact) mass is 682 g/mol. The molecule has 0 aromatic heterocycles. The van der Waals surface area contributed by atoms with Crippen molar-refractivity contribution in [2.75, 3.05) is 34.2 Å². The van der Waals surface area contributed by atoms with Crippen molar-refractivity contribution >= 4 is 20.1 Å². The summed E-state index contributed by atoms with van der Waals surface area (Å²) in [4.78, 5) is 24.9. The molecular weight excluding hydrogens is 620 g/mol. The SMILES string of the molecule is COCO[C@H]([C@H](C)[C@H](O)CC(=O)C(C)C)[C@H](COC(C)=O)[C@H](O[Si](C)(C)C(C)(C)C)[C@@]1(C)O[C@@H]1[C@@H](C)COCc1ccc(OC)cc1. The molecule has 1 N–H and O–H groups in total. The first-order chi connectivity index (χ1) is 21.8. The van der Waals surface area contributed by atoms with Gasteiger partial charge < -0.3 is 38.0 Å². The van der Waals surface area contributed by atoms with E-state index in [0.717, 1.165) is 11.3 Å². The van der Waals surface area contributed by atoms with Gasteiger partial charge in [-0.15, -0.1) is 0 Å². The lowest BCUT2D eigenvalue weighted by Crippen LogP contribution is -2.56. The van der Waals surface area contributed by atoms with Crippen LogP contribution in [0.4, 0.5) is 0 Å². The van der Waals surface area contributed by atoms with E-state index in [1.165, 1.54) is 14.0 Å². The minimum absolute atomic E-state index is 0.0152. The van der Waals surface area contributed by atoms with E-state index in [0.29, 0.717) is 13.2 Å². The van der Waals surface area contributed by atoms with E-state index in [1.807, 2.05) is 52.0 Å². The van der Waals surface area contributed by atoms with Crippen molar-refractivity contribution in [1.82, 2.24) is 0 Å². The lowest BCUT2D eigenvalue weighted by Gasteiger charge is -2.45. The number of Topliss-reactive ketones (excluding diaryl/α,β-unsaturated/α-hetero) is 1. The molecule has 1 aliphatic rings. The molecule has 1 aromatic carbocycles. The largest absolute Gasteiger partial charge is 0.497 e. The number of carbonyl (C=O) groups is 2. The fourth-order valence-corrected chi connectivity index (χ4v) is 7.07. The molecule has 0 bridgehead atoms. The van der Waals surface area contributed by atoms with Crippen LogP contribution in [0.15, 0.2) is 24.3 Å². The number of carbonyl (C=O) groups excluding carboxylic acids is 2. The maximum Gasteiger partial charge on any atom is 0.302 e. The fourth-order valence-electron chi connectivity index (χ4n) is 5.67. The maximum absolute atomic E-state index is 12.7. The van der Waals surface area contributed by atoms with E-state index >= 15 is 0 Å². The number of methoxy groups -OCH3 is 2. The average molecular weight is 683 g/mol. The van der Waals surface area contributed by atoms with Crippen LogP contribution in [0.1, 0.15) is 74.3 Å². The Labute approximate surface area is 284 Å². The highest BCUT2D eigenvalue weighted by Crippen LogP contribution is 2.51. The van der Waals surface area contributed by atoms with Gasteiger partial charge >= 0.3 is 5.97 Å². The lowest BCUT2D eigenvalue weighted by atomic mass is 9.78. The first kappa shape index (κ1) is 41.3. The van der Waals surface area contributed by atoms with Crippen LogP contribution in [0.5, 0.6) is 5.75 Å². The zero-order valence-corrected chi connectivity index (χ0v) is 32.1. The Bertz CT molecular complexity index is 1120. The predicted octanol–water partition coefficient (Wildman–Crippen LogP) is 6.18. The van der Waals surface area contributed by atoms with E-state index in [1.54, 1.807) is 7.11 Å². The summed E-state index contributed by atoms with van der Waals surface area (Å²) in [6, 6.07) is 7.78. The molecule has 270 valence electrons. The summed E-state index contributed by atoms with van der Waals surface area (Å²) in [5.74, 6) is -0.955. The highest BCUT2D eigenvalue weighted by atomic mass is 28.4. The minimum Gasteiger partial charge on any atom is -0.497 e. The van der Waals surface area contributed by atoms with Gasteiger partial charge in [0.15, 0.2) is 8.32 Å². The maximum atomic E-state index is 12.7. The van der Waals surface area contributed by atoms with Gasteiger partial charge in [-0.3, -0.25) is 9.59 Å². The van der Waals surface area contributed by atoms with Crippen LogP contribution in [0.2, 0.25) is 18.1 Å². The van der Waals surface area contributed by atoms with Crippen molar-refractivity contribution in [1.29, 1.82) is 0 Å². The molecule has 0 amide bonds. The van der Waals surface area contributed by atoms with E-state index in [9.17, 15) is 14.7 Å². The number of ketones is 1. The third-order valence-corrected chi connectivity index (χ3v) is 14.3. The standard InChI is InChI=1S/C36H62O10Si/c1-23(2)30(38)18-31(39)25(4)32(44-22-40-10)29(21-43-26(5)37)34(46-47(12,13)35(6,7)8)36(9)33(45-36)24(3)19-42-20-27-14-16-28(41-11)17-15-27/h14-17,23-25,29,31-34,39H,18-22H2,1-13H3/t24-,25+,29-,31+,32+,33+,34-,36-/m0/s1. The van der Waals surface area contributed by atoms with E-state index in [4.69, 9.17) is 32.8 Å². The molecule has 1 aromatic rings. The number of rotatable bonds is 21. The second-order valence-corrected chi connectivity index (χ2v) is 19.9. The number of aliphatic hydroxyl groups excluding tert-OH is 1. The highest BCUT2D eigenvalue weighted by molar-refractivity contribution is 6.74. The van der Waals surface area contributed by atoms with E-state index in [-0.39, 0.29) is 48.6 Å². The van der Waals surface area contributed by atoms with E-state index in [2.05, 4.69) is 40.8 Å². The molecule has 2 rings (SSSR count). The molecule has 0 spiro atoms. The second kappa shape index (κ2) is 17.7. The summed E-state index contributed by atoms with van der Waals surface area (Å²) < 4.78 is 42.4. The fraction of sp³-hybridized carbons (Fsp3) is 0.778. The lowest BCUT2D eigenvalue weighted by molar-refractivity contribution is -0.168. The normalized spacial score (nSPS) is 22.2. The topological polar surface area (TPSA) is 122 Å². The van der Waals surface area contributed by atoms with E-state index < -0.39 is 50.0 Å². The van der Waals surface area contributed by atoms with Gasteiger partial charge in [0.2, 0.25) is 0 Å². The summed E-state index contributed by atoms with van der Waals surface area (Å²) in [6.07, 6.45) is -2.48. The van der Waals surface area contributed by atoms with Gasteiger partial charge in [0.1, 0.15) is 23.9 Å². The number of epoxide rings is 1. The zero-order valence-electron chi connectivity index (χ0n) is 31.1. The molecule has 11 heteroatoms. The van der Waals surface area contributed by atoms with Crippen molar-refractivity contribution < 1.29 is 47.5 Å². The van der Waals surface area contributed by atoms with Gasteiger partial charge in [0.25, 0.3) is 0 Å². The van der Waals surface area contributed by atoms with Crippen LogP contribution >= 0.6 is 0 Å². The molecule has 0 saturated carbocycles. The molecule has 10 nitrogen and oxygen atoms in total. The van der Waals surface area contributed by atoms with Crippen LogP contribution in [0.3, 0.4) is 0 Å². The Morgan fingerprint density at radius 2 is 1.66 bits per heavy atom. The van der Waals surface area contributed by atoms with Crippen LogP contribution in [-0.4, -0.2) is 89.4 Å². The Morgan fingerprint density at radius 1 is 1.04 bits per heavy atom. The first-order valence-electron chi connectivity index (χ1n) is 16.8. The molecule has 0 unspecified atom stereocenters. The predicted molar refractivity (Wildman–Crippen MR) is 184 cm³/mol. The smallest absolute Gasteiger partial charge is 0.302 e. The van der Waals surface area contributed by atoms with Gasteiger partial charge in [-0.05, 0) is 42.8 Å². The number of esters is 1. The Hall–Kier alpha value is -1.86. The Kier molecular flexibility index (Phi) is 15.5. The minimum atomic E-state index is -2.44. The molecule has 1 saturated heterocycles. The average Bonchev–Trinajstić information content (AvgIpc) is 3.69. The summed E-state index contributed by atoms with van der Waals surface area (Å²) >= 11 is 0. The molecule has 47 heavy (non-hydrogen) atoms. The summed E-state index contributed by atoms with van der Waals surface area (Å²) in [5.41, 5.74) is 0.274. The van der Waals surface area contributed by atoms with Gasteiger partial charge in [0.05, 0.1) is 51.3 Å². The van der Waals surface area contributed by atoms with Crippen molar-refractivity contribution in [3.05, 3.63) is 29.8 Å². The van der Waals surface area contributed by atoms with Gasteiger partial charge in [-0.25, -0.2) is 0 Å². The van der Waals surface area contributed by atoms with Crippen LogP contribution < -0.4 is 4.74 Å². The third kappa shape index (κ3) is 11.6. The molecule has 0 radical (unpaired) electrons. The number of ether oxygens (including phenoxy) is 6. The molecule has 1 heterocycles. The molecule has 1 aliphatic heterocycles. The van der Waals surface area contributed by atoms with Crippen LogP contribution in [0, 0.1) is 23.7 Å². The highest BCUT2D eigenvalue weighted by Gasteiger charge is 2.64. The number of hydrogen-bond donors (Lipinski definition) is 1. The van der Waals surface area contributed by atoms with Crippen LogP contribution in [-0.2, 0) is 44.3 Å². The Morgan fingerprint density at radius 3 is 2.17 bits per heavy atom. The molecule has 8 atom stereocenters. The van der Waals surface area contributed by atoms with Gasteiger partial charge in [-0.2, -0.15) is 0 Å². The summed E-state index contributed by atoms with van der Waals surface area (Å²) in [7, 11) is 0.724. The zero-order chi connectivity index (χ0) is 35.7. The van der Waals surface area contributed by atoms with Crippen molar-refractivity contribution in [3.8, 4) is 5.75 Å². The molecular formula is C36H62O10Si. The molecule has 0 aliphatic carbocycles. The van der Waals surface area contributed by atoms with Gasteiger partial charge in [0, 0.05) is 44.1 Å². The van der Waals surface area contributed by atoms with Gasteiger partial charge in [-0.1, -0.05) is 60.6 Å². The number of hydrogen-bond acceptors (Lipinski definition) is 10. The van der Waals surface area contributed by atoms with Crippen molar-refractivity contribution in [2.24, 2.45) is 23.7 Å². The quantitative estimate of drug-likeness (QED) is 0.0697. The summed E-state index contributed by atoms with van der Waals surface area (Å²) in [6.45, 7) is 22.7. The van der Waals surface area contributed by atoms with Crippen molar-refractivity contribution in [2.45, 2.75) is 123 Å².